The van der Waals surface area contributed by atoms with Crippen molar-refractivity contribution in [2.45, 2.75) is 63.6 Å². The summed E-state index contributed by atoms with van der Waals surface area (Å²) in [6.07, 6.45) is 8.04. The van der Waals surface area contributed by atoms with Gasteiger partial charge in [0.25, 0.3) is 0 Å². The summed E-state index contributed by atoms with van der Waals surface area (Å²) in [5.41, 5.74) is 3.05. The van der Waals surface area contributed by atoms with Crippen LogP contribution in [0.4, 0.5) is 5.69 Å². The van der Waals surface area contributed by atoms with E-state index in [0.717, 1.165) is 27.8 Å². The lowest BCUT2D eigenvalue weighted by Gasteiger charge is -2.21. The second kappa shape index (κ2) is 9.22. The predicted octanol–water partition coefficient (Wildman–Crippen LogP) is 4.86. The average molecular weight is 385 g/mol. The Morgan fingerprint density at radius 2 is 1.96 bits per heavy atom. The first-order valence-electron chi connectivity index (χ1n) is 9.63. The summed E-state index contributed by atoms with van der Waals surface area (Å²) in [5.74, 6) is 1.81. The molecule has 0 saturated heterocycles. The lowest BCUT2D eigenvalue weighted by atomic mass is 9.89. The van der Waals surface area contributed by atoms with Gasteiger partial charge in [-0.3, -0.25) is 4.79 Å². The maximum atomic E-state index is 12.5. The van der Waals surface area contributed by atoms with Gasteiger partial charge in [0.1, 0.15) is 5.82 Å². The lowest BCUT2D eigenvalue weighted by Crippen LogP contribution is -2.16. The molecule has 2 aromatic rings. The molecule has 0 spiro atoms. The number of hydrogen-bond donors (Lipinski definition) is 1. The molecule has 27 heavy (non-hydrogen) atoms. The highest BCUT2D eigenvalue weighted by molar-refractivity contribution is 7.99. The Bertz CT molecular complexity index is 788. The number of aromatic nitrogens is 3. The van der Waals surface area contributed by atoms with E-state index in [-0.39, 0.29) is 5.91 Å². The number of allylic oxidation sites excluding steroid dienone is 1. The average Bonchev–Trinajstić information content (AvgIpc) is 3.07. The third kappa shape index (κ3) is 4.80. The molecule has 1 saturated carbocycles. The van der Waals surface area contributed by atoms with Crippen molar-refractivity contribution in [3.63, 3.8) is 0 Å². The number of nitrogens with zero attached hydrogens (tertiary/aromatic N) is 3. The molecule has 1 aromatic carbocycles. The van der Waals surface area contributed by atoms with Crippen LogP contribution in [0.5, 0.6) is 0 Å². The number of benzene rings is 1. The fraction of sp³-hybridized carbons (Fsp3) is 0.476. The minimum absolute atomic E-state index is 0.0234. The molecule has 1 aliphatic carbocycles. The van der Waals surface area contributed by atoms with E-state index in [1.54, 1.807) is 0 Å². The van der Waals surface area contributed by atoms with Crippen LogP contribution in [0.15, 0.2) is 36.0 Å². The highest BCUT2D eigenvalue weighted by Gasteiger charge is 2.23. The molecular weight excluding hydrogens is 356 g/mol. The second-order valence-corrected chi connectivity index (χ2v) is 8.12. The number of thioether (sulfide) groups is 1. The third-order valence-electron chi connectivity index (χ3n) is 5.11. The fourth-order valence-corrected chi connectivity index (χ4v) is 4.44. The SMILES string of the molecule is C=CCn1c(SCC(=O)Nc2c(C)cccc2C)nnc1C1CCCCC1. The molecule has 1 aromatic heterocycles. The Labute approximate surface area is 165 Å². The summed E-state index contributed by atoms with van der Waals surface area (Å²) >= 11 is 1.44. The molecule has 1 heterocycles. The topological polar surface area (TPSA) is 59.8 Å². The quantitative estimate of drug-likeness (QED) is 0.547. The van der Waals surface area contributed by atoms with Gasteiger partial charge in [-0.2, -0.15) is 0 Å². The number of nitrogens with one attached hydrogen (secondary N) is 1. The van der Waals surface area contributed by atoms with E-state index >= 15 is 0 Å². The maximum absolute atomic E-state index is 12.5. The molecule has 0 unspecified atom stereocenters. The zero-order valence-corrected chi connectivity index (χ0v) is 17.0. The van der Waals surface area contributed by atoms with E-state index in [1.807, 2.05) is 38.1 Å². The highest BCUT2D eigenvalue weighted by Crippen LogP contribution is 2.33. The van der Waals surface area contributed by atoms with Crippen LogP contribution in [0, 0.1) is 13.8 Å². The molecule has 1 amide bonds. The van der Waals surface area contributed by atoms with Gasteiger partial charge in [0.2, 0.25) is 5.91 Å². The first kappa shape index (κ1) is 19.7. The summed E-state index contributed by atoms with van der Waals surface area (Å²) < 4.78 is 2.12. The Balaban J connectivity index is 1.67. The molecule has 6 heteroatoms. The van der Waals surface area contributed by atoms with Gasteiger partial charge in [-0.05, 0) is 37.8 Å². The fourth-order valence-electron chi connectivity index (χ4n) is 3.69. The predicted molar refractivity (Wildman–Crippen MR) is 111 cm³/mol. The summed E-state index contributed by atoms with van der Waals surface area (Å²) in [4.78, 5) is 12.5. The minimum atomic E-state index is -0.0234. The van der Waals surface area contributed by atoms with E-state index < -0.39 is 0 Å². The van der Waals surface area contributed by atoms with Gasteiger partial charge in [-0.25, -0.2) is 0 Å². The standard InChI is InChI=1S/C21H28N4OS/c1-4-13-25-20(17-11-6-5-7-12-17)23-24-21(25)27-14-18(26)22-19-15(2)9-8-10-16(19)3/h4,8-10,17H,1,5-7,11-14H2,2-3H3,(H,22,26). The molecule has 0 bridgehead atoms. The van der Waals surface area contributed by atoms with Crippen molar-refractivity contribution in [1.29, 1.82) is 0 Å². The molecule has 0 aliphatic heterocycles. The van der Waals surface area contributed by atoms with Crippen LogP contribution in [0.25, 0.3) is 0 Å². The van der Waals surface area contributed by atoms with Crippen molar-refractivity contribution in [3.05, 3.63) is 47.8 Å². The number of amides is 1. The van der Waals surface area contributed by atoms with Crippen molar-refractivity contribution in [1.82, 2.24) is 14.8 Å². The van der Waals surface area contributed by atoms with Gasteiger partial charge in [-0.1, -0.05) is 55.3 Å². The van der Waals surface area contributed by atoms with Gasteiger partial charge < -0.3 is 9.88 Å². The van der Waals surface area contributed by atoms with Crippen molar-refractivity contribution in [2.24, 2.45) is 0 Å². The number of carbonyl (C=O) groups is 1. The van der Waals surface area contributed by atoms with E-state index in [0.29, 0.717) is 18.2 Å². The van der Waals surface area contributed by atoms with E-state index in [4.69, 9.17) is 0 Å². The van der Waals surface area contributed by atoms with E-state index in [1.165, 1.54) is 43.9 Å². The number of para-hydroxylation sites is 1. The van der Waals surface area contributed by atoms with Gasteiger partial charge in [-0.15, -0.1) is 16.8 Å². The molecule has 1 fully saturated rings. The number of aryl methyl sites for hydroxylation is 2. The van der Waals surface area contributed by atoms with Crippen molar-refractivity contribution < 1.29 is 4.79 Å². The zero-order chi connectivity index (χ0) is 19.2. The second-order valence-electron chi connectivity index (χ2n) is 7.18. The maximum Gasteiger partial charge on any atom is 0.234 e. The summed E-state index contributed by atoms with van der Waals surface area (Å²) in [5, 5.41) is 12.7. The van der Waals surface area contributed by atoms with Crippen LogP contribution < -0.4 is 5.32 Å². The monoisotopic (exact) mass is 384 g/mol. The number of anilines is 1. The van der Waals surface area contributed by atoms with Crippen LogP contribution in [0.3, 0.4) is 0 Å². The molecule has 0 radical (unpaired) electrons. The molecule has 1 aliphatic rings. The lowest BCUT2D eigenvalue weighted by molar-refractivity contribution is -0.113. The normalized spacial score (nSPS) is 14.9. The largest absolute Gasteiger partial charge is 0.325 e. The highest BCUT2D eigenvalue weighted by atomic mass is 32.2. The Morgan fingerprint density at radius 1 is 1.26 bits per heavy atom. The van der Waals surface area contributed by atoms with Crippen molar-refractivity contribution in [2.75, 3.05) is 11.1 Å². The van der Waals surface area contributed by atoms with Crippen LogP contribution in [-0.2, 0) is 11.3 Å². The Morgan fingerprint density at radius 3 is 2.63 bits per heavy atom. The van der Waals surface area contributed by atoms with E-state index in [9.17, 15) is 4.79 Å². The summed E-state index contributed by atoms with van der Waals surface area (Å²) in [7, 11) is 0. The molecule has 3 rings (SSSR count). The van der Waals surface area contributed by atoms with Crippen molar-refractivity contribution >= 4 is 23.4 Å². The molecular formula is C21H28N4OS. The minimum Gasteiger partial charge on any atom is -0.325 e. The van der Waals surface area contributed by atoms with Gasteiger partial charge in [0.15, 0.2) is 5.16 Å². The van der Waals surface area contributed by atoms with Crippen molar-refractivity contribution in [3.8, 4) is 0 Å². The molecule has 1 N–H and O–H groups in total. The van der Waals surface area contributed by atoms with E-state index in [2.05, 4.69) is 26.7 Å². The zero-order valence-electron chi connectivity index (χ0n) is 16.2. The summed E-state index contributed by atoms with van der Waals surface area (Å²) in [6, 6.07) is 6.01. The molecule has 0 atom stereocenters. The van der Waals surface area contributed by atoms with Crippen LogP contribution >= 0.6 is 11.8 Å². The first-order chi connectivity index (χ1) is 13.1. The molecule has 5 nitrogen and oxygen atoms in total. The van der Waals surface area contributed by atoms with Gasteiger partial charge in [0, 0.05) is 18.2 Å². The van der Waals surface area contributed by atoms with Crippen LogP contribution in [-0.4, -0.2) is 26.4 Å². The Kier molecular flexibility index (Phi) is 6.72. The first-order valence-corrected chi connectivity index (χ1v) is 10.6. The van der Waals surface area contributed by atoms with Gasteiger partial charge in [0.05, 0.1) is 5.75 Å². The number of hydrogen-bond acceptors (Lipinski definition) is 4. The number of rotatable bonds is 7. The third-order valence-corrected chi connectivity index (χ3v) is 6.07. The van der Waals surface area contributed by atoms with Crippen LogP contribution in [0.2, 0.25) is 0 Å². The van der Waals surface area contributed by atoms with Gasteiger partial charge >= 0.3 is 0 Å². The van der Waals surface area contributed by atoms with Crippen LogP contribution in [0.1, 0.15) is 55.0 Å². The summed E-state index contributed by atoms with van der Waals surface area (Å²) in [6.45, 7) is 8.56. The smallest absolute Gasteiger partial charge is 0.234 e. The number of carbonyl (C=O) groups excluding carboxylic acids is 1. The Hall–Kier alpha value is -2.08. The molecule has 144 valence electrons.